The van der Waals surface area contributed by atoms with Crippen LogP contribution in [-0.4, -0.2) is 41.4 Å². The fourth-order valence-electron chi connectivity index (χ4n) is 3.90. The van der Waals surface area contributed by atoms with Gasteiger partial charge in [0.05, 0.1) is 0 Å². The topological polar surface area (TPSA) is 78.5 Å². The SMILES string of the molecule is C[C@@H](C[C@@]1(C)NC(=O)NC1=O)C(=O)N1CCC(c2ccc(F)cc2)CC1. The number of hydrogen-bond acceptors (Lipinski definition) is 3. The van der Waals surface area contributed by atoms with E-state index in [1.165, 1.54) is 12.1 Å². The summed E-state index contributed by atoms with van der Waals surface area (Å²) in [4.78, 5) is 37.8. The molecule has 0 radical (unpaired) electrons. The molecule has 1 aromatic carbocycles. The molecular weight excluding hydrogens is 337 g/mol. The van der Waals surface area contributed by atoms with Crippen LogP contribution >= 0.6 is 0 Å². The molecule has 3 rings (SSSR count). The zero-order valence-electron chi connectivity index (χ0n) is 15.0. The smallest absolute Gasteiger partial charge is 0.322 e. The highest BCUT2D eigenvalue weighted by Crippen LogP contribution is 2.30. The van der Waals surface area contributed by atoms with Crippen LogP contribution < -0.4 is 10.6 Å². The van der Waals surface area contributed by atoms with Crippen molar-refractivity contribution < 1.29 is 18.8 Å². The van der Waals surface area contributed by atoms with Crippen LogP contribution in [0.25, 0.3) is 0 Å². The molecule has 0 bridgehead atoms. The highest BCUT2D eigenvalue weighted by atomic mass is 19.1. The molecule has 2 heterocycles. The van der Waals surface area contributed by atoms with Crippen molar-refractivity contribution in [3.05, 3.63) is 35.6 Å². The Bertz CT molecular complexity index is 713. The van der Waals surface area contributed by atoms with Crippen LogP contribution in [0.15, 0.2) is 24.3 Å². The second kappa shape index (κ2) is 7.05. The average Bonchev–Trinajstić information content (AvgIpc) is 2.86. The molecule has 0 saturated carbocycles. The minimum absolute atomic E-state index is 0.00210. The third-order valence-corrected chi connectivity index (χ3v) is 5.40. The second-order valence-electron chi connectivity index (χ2n) is 7.50. The molecule has 0 aliphatic carbocycles. The van der Waals surface area contributed by atoms with Crippen LogP contribution in [0.1, 0.15) is 44.6 Å². The predicted octanol–water partition coefficient (Wildman–Crippen LogP) is 2.16. The number of hydrogen-bond donors (Lipinski definition) is 2. The van der Waals surface area contributed by atoms with Gasteiger partial charge in [0.15, 0.2) is 0 Å². The molecule has 2 aliphatic rings. The van der Waals surface area contributed by atoms with Crippen LogP contribution in [0.3, 0.4) is 0 Å². The number of imide groups is 1. The molecule has 2 saturated heterocycles. The van der Waals surface area contributed by atoms with Gasteiger partial charge in [-0.25, -0.2) is 9.18 Å². The van der Waals surface area contributed by atoms with Crippen molar-refractivity contribution >= 4 is 17.8 Å². The number of likely N-dealkylation sites (tertiary alicyclic amines) is 1. The zero-order chi connectivity index (χ0) is 18.9. The number of amides is 4. The summed E-state index contributed by atoms with van der Waals surface area (Å²) < 4.78 is 13.1. The Morgan fingerprint density at radius 1 is 1.27 bits per heavy atom. The normalized spacial score (nSPS) is 25.0. The number of carbonyl (C=O) groups excluding carboxylic acids is 3. The van der Waals surface area contributed by atoms with Gasteiger partial charge >= 0.3 is 6.03 Å². The summed E-state index contributed by atoms with van der Waals surface area (Å²) >= 11 is 0. The van der Waals surface area contributed by atoms with Crippen molar-refractivity contribution in [2.75, 3.05) is 13.1 Å². The molecule has 7 heteroatoms. The van der Waals surface area contributed by atoms with E-state index in [-0.39, 0.29) is 24.1 Å². The lowest BCUT2D eigenvalue weighted by atomic mass is 9.87. The van der Waals surface area contributed by atoms with Crippen molar-refractivity contribution in [3.63, 3.8) is 0 Å². The van der Waals surface area contributed by atoms with Gasteiger partial charge in [-0.15, -0.1) is 0 Å². The fourth-order valence-corrected chi connectivity index (χ4v) is 3.90. The summed E-state index contributed by atoms with van der Waals surface area (Å²) in [6.45, 7) is 4.70. The van der Waals surface area contributed by atoms with Gasteiger partial charge in [0, 0.05) is 19.0 Å². The molecule has 4 amide bonds. The first-order valence-corrected chi connectivity index (χ1v) is 8.96. The van der Waals surface area contributed by atoms with Gasteiger partial charge in [-0.1, -0.05) is 19.1 Å². The van der Waals surface area contributed by atoms with Gasteiger partial charge in [0.25, 0.3) is 5.91 Å². The molecule has 140 valence electrons. The lowest BCUT2D eigenvalue weighted by Crippen LogP contribution is -2.48. The molecule has 1 aromatic rings. The maximum Gasteiger partial charge on any atom is 0.322 e. The third kappa shape index (κ3) is 3.71. The Balaban J connectivity index is 1.55. The number of nitrogens with zero attached hydrogens (tertiary/aromatic N) is 1. The number of rotatable bonds is 4. The molecule has 0 aromatic heterocycles. The predicted molar refractivity (Wildman–Crippen MR) is 93.8 cm³/mol. The van der Waals surface area contributed by atoms with Crippen LogP contribution in [0.2, 0.25) is 0 Å². The standard InChI is InChI=1S/C19H24FN3O3/c1-12(11-19(2)17(25)21-18(26)22-19)16(24)23-9-7-14(8-10-23)13-3-5-15(20)6-4-13/h3-6,12,14H,7-11H2,1-2H3,(H2,21,22,25,26)/t12-,19+/m0/s1. The Morgan fingerprint density at radius 3 is 2.42 bits per heavy atom. The first kappa shape index (κ1) is 18.4. The molecule has 2 N–H and O–H groups in total. The van der Waals surface area contributed by atoms with E-state index in [0.717, 1.165) is 18.4 Å². The number of urea groups is 1. The first-order valence-electron chi connectivity index (χ1n) is 8.96. The lowest BCUT2D eigenvalue weighted by molar-refractivity contribution is -0.137. The molecule has 0 spiro atoms. The van der Waals surface area contributed by atoms with Crippen LogP contribution in [0.4, 0.5) is 9.18 Å². The number of benzene rings is 1. The summed E-state index contributed by atoms with van der Waals surface area (Å²) in [5.74, 6) is -0.680. The quantitative estimate of drug-likeness (QED) is 0.807. The summed E-state index contributed by atoms with van der Waals surface area (Å²) in [7, 11) is 0. The maximum atomic E-state index is 13.1. The Morgan fingerprint density at radius 2 is 1.88 bits per heavy atom. The van der Waals surface area contributed by atoms with Crippen molar-refractivity contribution in [1.29, 1.82) is 0 Å². The van der Waals surface area contributed by atoms with Crippen molar-refractivity contribution in [2.24, 2.45) is 5.92 Å². The number of carbonyl (C=O) groups is 3. The fraction of sp³-hybridized carbons (Fsp3) is 0.526. The van der Waals surface area contributed by atoms with Crippen molar-refractivity contribution in [2.45, 2.75) is 44.6 Å². The highest BCUT2D eigenvalue weighted by Gasteiger charge is 2.44. The largest absolute Gasteiger partial charge is 0.342 e. The Kier molecular flexibility index (Phi) is 4.98. The van der Waals surface area contributed by atoms with Crippen LogP contribution in [0, 0.1) is 11.7 Å². The molecule has 0 unspecified atom stereocenters. The number of halogens is 1. The average molecular weight is 361 g/mol. The lowest BCUT2D eigenvalue weighted by Gasteiger charge is -2.35. The minimum Gasteiger partial charge on any atom is -0.342 e. The van der Waals surface area contributed by atoms with E-state index < -0.39 is 17.5 Å². The summed E-state index contributed by atoms with van der Waals surface area (Å²) in [5.41, 5.74) is 0.0582. The van der Waals surface area contributed by atoms with Gasteiger partial charge in [-0.2, -0.15) is 0 Å². The summed E-state index contributed by atoms with van der Waals surface area (Å²) in [6.07, 6.45) is 1.93. The minimum atomic E-state index is -1.04. The van der Waals surface area contributed by atoms with Crippen molar-refractivity contribution in [1.82, 2.24) is 15.5 Å². The zero-order valence-corrected chi connectivity index (χ0v) is 15.0. The van der Waals surface area contributed by atoms with E-state index >= 15 is 0 Å². The van der Waals surface area contributed by atoms with Gasteiger partial charge in [-0.3, -0.25) is 14.9 Å². The van der Waals surface area contributed by atoms with Crippen LogP contribution in [0.5, 0.6) is 0 Å². The monoisotopic (exact) mass is 361 g/mol. The third-order valence-electron chi connectivity index (χ3n) is 5.40. The van der Waals surface area contributed by atoms with E-state index in [2.05, 4.69) is 10.6 Å². The van der Waals surface area contributed by atoms with E-state index in [9.17, 15) is 18.8 Å². The Labute approximate surface area is 152 Å². The van der Waals surface area contributed by atoms with Crippen molar-refractivity contribution in [3.8, 4) is 0 Å². The maximum absolute atomic E-state index is 13.1. The molecular formula is C19H24FN3O3. The Hall–Kier alpha value is -2.44. The first-order chi connectivity index (χ1) is 12.3. The summed E-state index contributed by atoms with van der Waals surface area (Å²) in [5, 5.41) is 4.82. The highest BCUT2D eigenvalue weighted by molar-refractivity contribution is 6.07. The van der Waals surface area contributed by atoms with Gasteiger partial charge in [0.2, 0.25) is 5.91 Å². The van der Waals surface area contributed by atoms with E-state index in [1.807, 2.05) is 17.0 Å². The molecule has 2 aliphatic heterocycles. The summed E-state index contributed by atoms with van der Waals surface area (Å²) in [6, 6.07) is 6.04. The number of piperidine rings is 1. The molecule has 2 atom stereocenters. The number of nitrogens with one attached hydrogen (secondary N) is 2. The second-order valence-corrected chi connectivity index (χ2v) is 7.50. The molecule has 26 heavy (non-hydrogen) atoms. The van der Waals surface area contributed by atoms with Gasteiger partial charge in [0.1, 0.15) is 11.4 Å². The van der Waals surface area contributed by atoms with E-state index in [0.29, 0.717) is 19.0 Å². The van der Waals surface area contributed by atoms with Gasteiger partial charge < -0.3 is 10.2 Å². The van der Waals surface area contributed by atoms with Gasteiger partial charge in [-0.05, 0) is 49.8 Å². The van der Waals surface area contributed by atoms with E-state index in [1.54, 1.807) is 13.8 Å². The van der Waals surface area contributed by atoms with E-state index in [4.69, 9.17) is 0 Å². The van der Waals surface area contributed by atoms with Crippen LogP contribution in [-0.2, 0) is 9.59 Å². The molecule has 6 nitrogen and oxygen atoms in total. The molecule has 2 fully saturated rings.